The first-order valence-corrected chi connectivity index (χ1v) is 11.8. The standard InChI is InChI=1S/C22H22ClF3N4O2S2/c1-13-17(23)18(22(24,25)26)29-30(13)10-6-9-27-21(33)28-19-16(20(31)32-2)12-15(34-19)11-14-7-4-3-5-8-14/h3-5,7-8,12H,6,9-11H2,1-2H3,(H2,27,28,33). The lowest BCUT2D eigenvalue weighted by molar-refractivity contribution is -0.141. The number of aryl methyl sites for hydroxylation is 1. The van der Waals surface area contributed by atoms with E-state index >= 15 is 0 Å². The Morgan fingerprint density at radius 1 is 1.29 bits per heavy atom. The number of thiophene rings is 1. The Balaban J connectivity index is 1.58. The molecular formula is C22H22ClF3N4O2S2. The first-order chi connectivity index (χ1) is 16.1. The molecule has 0 aliphatic heterocycles. The number of nitrogens with zero attached hydrogens (tertiary/aromatic N) is 2. The zero-order chi connectivity index (χ0) is 24.9. The number of thiocarbonyl (C=S) groups is 1. The molecule has 182 valence electrons. The Kier molecular flexibility index (Phi) is 8.56. The fourth-order valence-electron chi connectivity index (χ4n) is 3.18. The van der Waals surface area contributed by atoms with Crippen LogP contribution in [0.3, 0.4) is 0 Å². The van der Waals surface area contributed by atoms with E-state index in [1.165, 1.54) is 30.1 Å². The number of ether oxygens (including phenoxy) is 1. The van der Waals surface area contributed by atoms with Gasteiger partial charge in [-0.3, -0.25) is 4.68 Å². The third-order valence-electron chi connectivity index (χ3n) is 4.87. The highest BCUT2D eigenvalue weighted by Gasteiger charge is 2.38. The molecule has 2 N–H and O–H groups in total. The van der Waals surface area contributed by atoms with Gasteiger partial charge in [0.15, 0.2) is 10.8 Å². The fraction of sp³-hybridized carbons (Fsp3) is 0.318. The average molecular weight is 531 g/mol. The number of anilines is 1. The molecule has 0 spiro atoms. The van der Waals surface area contributed by atoms with Crippen molar-refractivity contribution in [3.8, 4) is 0 Å². The van der Waals surface area contributed by atoms with Gasteiger partial charge in [-0.05, 0) is 37.2 Å². The maximum absolute atomic E-state index is 13.0. The number of methoxy groups -OCH3 is 1. The molecule has 0 atom stereocenters. The van der Waals surface area contributed by atoms with Gasteiger partial charge >= 0.3 is 12.1 Å². The number of hydrogen-bond donors (Lipinski definition) is 2. The number of esters is 1. The number of hydrogen-bond acceptors (Lipinski definition) is 5. The van der Waals surface area contributed by atoms with Crippen molar-refractivity contribution in [2.24, 2.45) is 0 Å². The average Bonchev–Trinajstić information content (AvgIpc) is 3.31. The second-order valence-electron chi connectivity index (χ2n) is 7.31. The van der Waals surface area contributed by atoms with E-state index < -0.39 is 22.9 Å². The molecule has 34 heavy (non-hydrogen) atoms. The predicted octanol–water partition coefficient (Wildman–Crippen LogP) is 5.68. The van der Waals surface area contributed by atoms with Crippen LogP contribution in [0.1, 0.15) is 38.6 Å². The molecule has 0 amide bonds. The topological polar surface area (TPSA) is 68.2 Å². The van der Waals surface area contributed by atoms with Gasteiger partial charge in [0.1, 0.15) is 5.00 Å². The normalized spacial score (nSPS) is 11.4. The fourth-order valence-corrected chi connectivity index (χ4v) is 4.78. The molecule has 0 saturated heterocycles. The first kappa shape index (κ1) is 26.0. The number of aromatic nitrogens is 2. The summed E-state index contributed by atoms with van der Waals surface area (Å²) in [5, 5.41) is 10.0. The van der Waals surface area contributed by atoms with Crippen LogP contribution in [-0.4, -0.2) is 34.5 Å². The van der Waals surface area contributed by atoms with Gasteiger partial charge in [-0.2, -0.15) is 18.3 Å². The third kappa shape index (κ3) is 6.49. The van der Waals surface area contributed by atoms with Crippen LogP contribution in [0.4, 0.5) is 18.2 Å². The van der Waals surface area contributed by atoms with Crippen LogP contribution in [0, 0.1) is 6.92 Å². The third-order valence-corrected chi connectivity index (χ3v) is 6.62. The van der Waals surface area contributed by atoms with Crippen molar-refractivity contribution in [2.45, 2.75) is 32.5 Å². The molecule has 0 aliphatic rings. The largest absolute Gasteiger partial charge is 0.465 e. The van der Waals surface area contributed by atoms with Gasteiger partial charge in [-0.15, -0.1) is 11.3 Å². The number of halogens is 4. The van der Waals surface area contributed by atoms with Gasteiger partial charge in [0, 0.05) is 24.4 Å². The summed E-state index contributed by atoms with van der Waals surface area (Å²) in [6.07, 6.45) is -3.50. The maximum Gasteiger partial charge on any atom is 0.436 e. The Hall–Kier alpha value is -2.63. The first-order valence-electron chi connectivity index (χ1n) is 10.2. The SMILES string of the molecule is COC(=O)c1cc(Cc2ccccc2)sc1NC(=S)NCCCn1nc(C(F)(F)F)c(Cl)c1C. The summed E-state index contributed by atoms with van der Waals surface area (Å²) in [7, 11) is 1.31. The zero-order valence-electron chi connectivity index (χ0n) is 18.3. The summed E-state index contributed by atoms with van der Waals surface area (Å²) in [5.74, 6) is -0.479. The summed E-state index contributed by atoms with van der Waals surface area (Å²) in [4.78, 5) is 13.2. The second kappa shape index (κ2) is 11.2. The highest BCUT2D eigenvalue weighted by molar-refractivity contribution is 7.80. The van der Waals surface area contributed by atoms with E-state index in [1.807, 2.05) is 30.3 Å². The van der Waals surface area contributed by atoms with Crippen LogP contribution >= 0.6 is 35.2 Å². The molecule has 0 saturated carbocycles. The van der Waals surface area contributed by atoms with E-state index in [0.29, 0.717) is 30.0 Å². The van der Waals surface area contributed by atoms with Gasteiger partial charge in [-0.1, -0.05) is 41.9 Å². The molecule has 3 aromatic rings. The van der Waals surface area contributed by atoms with E-state index in [4.69, 9.17) is 28.6 Å². The van der Waals surface area contributed by atoms with Crippen LogP contribution in [0.25, 0.3) is 0 Å². The van der Waals surface area contributed by atoms with Gasteiger partial charge in [0.05, 0.1) is 23.4 Å². The minimum absolute atomic E-state index is 0.227. The van der Waals surface area contributed by atoms with Crippen LogP contribution < -0.4 is 10.6 Å². The summed E-state index contributed by atoms with van der Waals surface area (Å²) in [5.41, 5.74) is 0.650. The van der Waals surface area contributed by atoms with Gasteiger partial charge in [0.2, 0.25) is 0 Å². The molecule has 12 heteroatoms. The highest BCUT2D eigenvalue weighted by Crippen LogP contribution is 2.35. The number of nitrogens with one attached hydrogen (secondary N) is 2. The minimum atomic E-state index is -4.60. The van der Waals surface area contributed by atoms with Gasteiger partial charge in [-0.25, -0.2) is 4.79 Å². The maximum atomic E-state index is 13.0. The lowest BCUT2D eigenvalue weighted by Crippen LogP contribution is -2.30. The van der Waals surface area contributed by atoms with Gasteiger partial charge in [0.25, 0.3) is 0 Å². The summed E-state index contributed by atoms with van der Waals surface area (Å²) >= 11 is 12.5. The summed E-state index contributed by atoms with van der Waals surface area (Å²) in [6, 6.07) is 11.6. The van der Waals surface area contributed by atoms with Crippen molar-refractivity contribution in [3.63, 3.8) is 0 Å². The highest BCUT2D eigenvalue weighted by atomic mass is 35.5. The summed E-state index contributed by atoms with van der Waals surface area (Å²) < 4.78 is 45.0. The van der Waals surface area contributed by atoms with Crippen molar-refractivity contribution in [1.29, 1.82) is 0 Å². The molecule has 0 radical (unpaired) electrons. The molecule has 3 rings (SSSR count). The van der Waals surface area contributed by atoms with Crippen LogP contribution in [0.15, 0.2) is 36.4 Å². The van der Waals surface area contributed by atoms with Crippen LogP contribution in [-0.2, 0) is 23.9 Å². The Labute approximate surface area is 209 Å². The summed E-state index contributed by atoms with van der Waals surface area (Å²) in [6.45, 7) is 2.09. The molecule has 0 unspecified atom stereocenters. The number of rotatable bonds is 8. The van der Waals surface area contributed by atoms with E-state index in [0.717, 1.165) is 10.4 Å². The van der Waals surface area contributed by atoms with Crippen LogP contribution in [0.5, 0.6) is 0 Å². The molecule has 0 fully saturated rings. The molecule has 0 aliphatic carbocycles. The molecule has 1 aromatic carbocycles. The number of alkyl halides is 3. The zero-order valence-corrected chi connectivity index (χ0v) is 20.7. The van der Waals surface area contributed by atoms with E-state index in [9.17, 15) is 18.0 Å². The number of carbonyl (C=O) groups is 1. The van der Waals surface area contributed by atoms with Crippen molar-refractivity contribution in [3.05, 3.63) is 68.8 Å². The quantitative estimate of drug-likeness (QED) is 0.222. The molecular weight excluding hydrogens is 509 g/mol. The monoisotopic (exact) mass is 530 g/mol. The van der Waals surface area contributed by atoms with Crippen LogP contribution in [0.2, 0.25) is 5.02 Å². The number of carbonyl (C=O) groups excluding carboxylic acids is 1. The predicted molar refractivity (Wildman–Crippen MR) is 131 cm³/mol. The molecule has 0 bridgehead atoms. The lowest BCUT2D eigenvalue weighted by atomic mass is 10.1. The van der Waals surface area contributed by atoms with Crippen molar-refractivity contribution < 1.29 is 22.7 Å². The van der Waals surface area contributed by atoms with E-state index in [1.54, 1.807) is 6.07 Å². The smallest absolute Gasteiger partial charge is 0.436 e. The Bertz CT molecular complexity index is 1160. The molecule has 2 aromatic heterocycles. The second-order valence-corrected chi connectivity index (χ2v) is 9.24. The minimum Gasteiger partial charge on any atom is -0.465 e. The van der Waals surface area contributed by atoms with Crippen molar-refractivity contribution >= 4 is 51.2 Å². The van der Waals surface area contributed by atoms with E-state index in [2.05, 4.69) is 15.7 Å². The lowest BCUT2D eigenvalue weighted by Gasteiger charge is -2.11. The Morgan fingerprint density at radius 2 is 2.00 bits per heavy atom. The van der Waals surface area contributed by atoms with E-state index in [-0.39, 0.29) is 17.4 Å². The van der Waals surface area contributed by atoms with Crippen molar-refractivity contribution in [2.75, 3.05) is 19.0 Å². The molecule has 2 heterocycles. The number of benzene rings is 1. The van der Waals surface area contributed by atoms with Crippen molar-refractivity contribution in [1.82, 2.24) is 15.1 Å². The molecule has 6 nitrogen and oxygen atoms in total. The Morgan fingerprint density at radius 3 is 2.62 bits per heavy atom. The van der Waals surface area contributed by atoms with Gasteiger partial charge < -0.3 is 15.4 Å².